The van der Waals surface area contributed by atoms with E-state index < -0.39 is 0 Å². The maximum Gasteiger partial charge on any atom is 0.230 e. The fraction of sp³-hybridized carbons (Fsp3) is 0.278. The first kappa shape index (κ1) is 14.3. The monoisotopic (exact) mass is 331 g/mol. The van der Waals surface area contributed by atoms with Crippen LogP contribution in [0.2, 0.25) is 0 Å². The topological polar surface area (TPSA) is 81.4 Å². The highest BCUT2D eigenvalue weighted by atomic mass is 15.2. The third-order valence-electron chi connectivity index (χ3n) is 4.84. The fourth-order valence-corrected chi connectivity index (χ4v) is 3.74. The average molecular weight is 331 g/mol. The van der Waals surface area contributed by atoms with E-state index in [9.17, 15) is 0 Å². The lowest BCUT2D eigenvalue weighted by Gasteiger charge is -2.14. The van der Waals surface area contributed by atoms with Crippen LogP contribution in [0.4, 0.5) is 11.8 Å². The molecular weight excluding hydrogens is 314 g/mol. The molecule has 4 aromatic rings. The van der Waals surface area contributed by atoms with Crippen LogP contribution < -0.4 is 5.32 Å². The summed E-state index contributed by atoms with van der Waals surface area (Å²) < 4.78 is 2.34. The molecule has 0 atom stereocenters. The van der Waals surface area contributed by atoms with Gasteiger partial charge in [-0.1, -0.05) is 12.8 Å². The molecule has 5 rings (SSSR count). The molecule has 0 aliphatic heterocycles. The lowest BCUT2D eigenvalue weighted by atomic mass is 10.2. The zero-order valence-electron chi connectivity index (χ0n) is 13.6. The molecule has 0 radical (unpaired) electrons. The summed E-state index contributed by atoms with van der Waals surface area (Å²) in [5, 5.41) is 5.35. The predicted molar refractivity (Wildman–Crippen MR) is 95.6 cm³/mol. The van der Waals surface area contributed by atoms with E-state index in [-0.39, 0.29) is 0 Å². The molecule has 4 aromatic heterocycles. The molecule has 1 aliphatic rings. The Balaban J connectivity index is 1.69. The first-order valence-electron chi connectivity index (χ1n) is 8.54. The van der Waals surface area contributed by atoms with Crippen molar-refractivity contribution in [1.29, 1.82) is 0 Å². The minimum absolute atomic E-state index is 0.475. The standard InChI is InChI=1S/C18H17N7/c1-2-4-12(3-1)25-15-10-19-6-5-13(15)14-9-22-18(24-17(14)25)23-16-11-20-7-8-21-16/h5-12H,1-4H2,(H,21,22,23,24). The van der Waals surface area contributed by atoms with Crippen molar-refractivity contribution in [3.63, 3.8) is 0 Å². The maximum absolute atomic E-state index is 4.80. The Labute approximate surface area is 144 Å². The molecule has 7 heteroatoms. The van der Waals surface area contributed by atoms with E-state index in [0.29, 0.717) is 17.8 Å². The Hall–Kier alpha value is -3.09. The molecule has 0 saturated heterocycles. The Morgan fingerprint density at radius 1 is 0.920 bits per heavy atom. The molecular formula is C18H17N7. The van der Waals surface area contributed by atoms with Gasteiger partial charge in [0.05, 0.1) is 17.9 Å². The average Bonchev–Trinajstić information content (AvgIpc) is 3.28. The van der Waals surface area contributed by atoms with Crippen LogP contribution in [0.5, 0.6) is 0 Å². The fourth-order valence-electron chi connectivity index (χ4n) is 3.74. The normalized spacial score (nSPS) is 15.2. The summed E-state index contributed by atoms with van der Waals surface area (Å²) in [6.07, 6.45) is 15.5. The molecule has 7 nitrogen and oxygen atoms in total. The van der Waals surface area contributed by atoms with Gasteiger partial charge in [-0.15, -0.1) is 0 Å². The second-order valence-corrected chi connectivity index (χ2v) is 6.35. The zero-order valence-corrected chi connectivity index (χ0v) is 13.6. The van der Waals surface area contributed by atoms with Gasteiger partial charge in [0, 0.05) is 41.6 Å². The maximum atomic E-state index is 4.80. The predicted octanol–water partition coefficient (Wildman–Crippen LogP) is 3.63. The largest absolute Gasteiger partial charge is 0.321 e. The van der Waals surface area contributed by atoms with Crippen molar-refractivity contribution in [3.8, 4) is 0 Å². The Bertz CT molecular complexity index is 1040. The Kier molecular flexibility index (Phi) is 3.29. The molecule has 0 aromatic carbocycles. The van der Waals surface area contributed by atoms with E-state index in [1.165, 1.54) is 25.7 Å². The van der Waals surface area contributed by atoms with Crippen molar-refractivity contribution in [3.05, 3.63) is 43.2 Å². The molecule has 25 heavy (non-hydrogen) atoms. The van der Waals surface area contributed by atoms with Gasteiger partial charge < -0.3 is 9.88 Å². The van der Waals surface area contributed by atoms with E-state index >= 15 is 0 Å². The van der Waals surface area contributed by atoms with Crippen LogP contribution >= 0.6 is 0 Å². The van der Waals surface area contributed by atoms with E-state index in [1.54, 1.807) is 18.6 Å². The van der Waals surface area contributed by atoms with Gasteiger partial charge in [0.15, 0.2) is 5.82 Å². The second kappa shape index (κ2) is 5.77. The molecule has 1 aliphatic carbocycles. The summed E-state index contributed by atoms with van der Waals surface area (Å²) in [4.78, 5) is 21.9. The number of nitrogens with one attached hydrogen (secondary N) is 1. The first-order chi connectivity index (χ1) is 12.4. The van der Waals surface area contributed by atoms with Crippen LogP contribution in [0, 0.1) is 0 Å². The summed E-state index contributed by atoms with van der Waals surface area (Å²) in [6, 6.07) is 2.52. The molecule has 1 N–H and O–H groups in total. The Morgan fingerprint density at radius 2 is 1.80 bits per heavy atom. The van der Waals surface area contributed by atoms with Crippen LogP contribution in [0.1, 0.15) is 31.7 Å². The first-order valence-corrected chi connectivity index (χ1v) is 8.54. The number of pyridine rings is 1. The molecule has 0 unspecified atom stereocenters. The number of hydrogen-bond acceptors (Lipinski definition) is 6. The van der Waals surface area contributed by atoms with Crippen molar-refractivity contribution >= 4 is 33.7 Å². The van der Waals surface area contributed by atoms with Crippen LogP contribution in [0.3, 0.4) is 0 Å². The zero-order chi connectivity index (χ0) is 16.6. The highest BCUT2D eigenvalue weighted by Gasteiger charge is 2.23. The van der Waals surface area contributed by atoms with Crippen molar-refractivity contribution in [1.82, 2.24) is 29.5 Å². The molecule has 0 spiro atoms. The van der Waals surface area contributed by atoms with Gasteiger partial charge in [0.1, 0.15) is 5.65 Å². The van der Waals surface area contributed by atoms with E-state index in [4.69, 9.17) is 4.98 Å². The minimum Gasteiger partial charge on any atom is -0.321 e. The number of aromatic nitrogens is 6. The van der Waals surface area contributed by atoms with Gasteiger partial charge in [-0.25, -0.2) is 9.97 Å². The molecule has 1 fully saturated rings. The number of hydrogen-bond donors (Lipinski definition) is 1. The molecule has 0 amide bonds. The van der Waals surface area contributed by atoms with Crippen molar-refractivity contribution in [2.24, 2.45) is 0 Å². The summed E-state index contributed by atoms with van der Waals surface area (Å²) in [7, 11) is 0. The number of anilines is 2. The highest BCUT2D eigenvalue weighted by molar-refractivity contribution is 6.06. The van der Waals surface area contributed by atoms with E-state index in [1.807, 2.05) is 24.7 Å². The van der Waals surface area contributed by atoms with Gasteiger partial charge >= 0.3 is 0 Å². The van der Waals surface area contributed by atoms with Crippen molar-refractivity contribution in [2.45, 2.75) is 31.7 Å². The molecule has 124 valence electrons. The SMILES string of the molecule is c1cnc(Nc2ncc3c4ccncc4n(C4CCCC4)c3n2)cn1. The highest BCUT2D eigenvalue weighted by Crippen LogP contribution is 2.37. The second-order valence-electron chi connectivity index (χ2n) is 6.35. The lowest BCUT2D eigenvalue weighted by Crippen LogP contribution is -2.06. The van der Waals surface area contributed by atoms with Gasteiger partial charge in [0.2, 0.25) is 5.95 Å². The summed E-state index contributed by atoms with van der Waals surface area (Å²) in [5.41, 5.74) is 2.09. The lowest BCUT2D eigenvalue weighted by molar-refractivity contribution is 0.546. The number of nitrogens with zero attached hydrogens (tertiary/aromatic N) is 6. The summed E-state index contributed by atoms with van der Waals surface area (Å²) in [6.45, 7) is 0. The molecule has 1 saturated carbocycles. The van der Waals surface area contributed by atoms with Crippen LogP contribution in [0.15, 0.2) is 43.2 Å². The van der Waals surface area contributed by atoms with Crippen molar-refractivity contribution in [2.75, 3.05) is 5.32 Å². The third kappa shape index (κ3) is 2.39. The smallest absolute Gasteiger partial charge is 0.230 e. The van der Waals surface area contributed by atoms with Crippen LogP contribution in [-0.4, -0.2) is 29.5 Å². The van der Waals surface area contributed by atoms with Gasteiger partial charge in [-0.3, -0.25) is 9.97 Å². The third-order valence-corrected chi connectivity index (χ3v) is 4.84. The van der Waals surface area contributed by atoms with E-state index in [0.717, 1.165) is 21.9 Å². The molecule has 0 bridgehead atoms. The van der Waals surface area contributed by atoms with Crippen molar-refractivity contribution < 1.29 is 0 Å². The van der Waals surface area contributed by atoms with Gasteiger partial charge in [0.25, 0.3) is 0 Å². The van der Waals surface area contributed by atoms with Gasteiger partial charge in [-0.2, -0.15) is 4.98 Å². The summed E-state index contributed by atoms with van der Waals surface area (Å²) >= 11 is 0. The number of rotatable bonds is 3. The Morgan fingerprint density at radius 3 is 2.64 bits per heavy atom. The van der Waals surface area contributed by atoms with Crippen LogP contribution in [-0.2, 0) is 0 Å². The quantitative estimate of drug-likeness (QED) is 0.617. The summed E-state index contributed by atoms with van der Waals surface area (Å²) in [5.74, 6) is 1.16. The van der Waals surface area contributed by atoms with Gasteiger partial charge in [-0.05, 0) is 18.9 Å². The minimum atomic E-state index is 0.475. The van der Waals surface area contributed by atoms with Crippen LogP contribution in [0.25, 0.3) is 21.9 Å². The molecule has 4 heterocycles. The number of fused-ring (bicyclic) bond motifs is 3. The van der Waals surface area contributed by atoms with E-state index in [2.05, 4.69) is 29.8 Å².